The van der Waals surface area contributed by atoms with Gasteiger partial charge in [0, 0.05) is 0 Å². The summed E-state index contributed by atoms with van der Waals surface area (Å²) in [6.07, 6.45) is 0. The Bertz CT molecular complexity index is 2430. The Kier molecular flexibility index (Phi) is 10.5. The second-order valence-electron chi connectivity index (χ2n) is 19.0. The molecule has 0 saturated heterocycles. The van der Waals surface area contributed by atoms with Gasteiger partial charge < -0.3 is 0 Å². The predicted molar refractivity (Wildman–Crippen MR) is 243 cm³/mol. The summed E-state index contributed by atoms with van der Waals surface area (Å²) in [4.78, 5) is 0. The van der Waals surface area contributed by atoms with E-state index >= 15 is 0 Å². The van der Waals surface area contributed by atoms with Gasteiger partial charge in [0.05, 0.1) is 0 Å². The summed E-state index contributed by atoms with van der Waals surface area (Å²) >= 11 is -4.00. The van der Waals surface area contributed by atoms with Crippen molar-refractivity contribution in [3.8, 4) is 22.3 Å². The Morgan fingerprint density at radius 3 is 1.17 bits per heavy atom. The average molecular weight is 847 g/mol. The summed E-state index contributed by atoms with van der Waals surface area (Å²) in [5.74, 6) is 0. The molecule has 6 aromatic rings. The Morgan fingerprint density at radius 2 is 0.815 bits per heavy atom. The fourth-order valence-electron chi connectivity index (χ4n) is 10.8. The van der Waals surface area contributed by atoms with Gasteiger partial charge in [0.1, 0.15) is 0 Å². The smallest absolute Gasteiger partial charge is 0.147 e. The second-order valence-corrected chi connectivity index (χ2v) is 49.5. The minimum Gasteiger partial charge on any atom is -0.147 e. The number of benzene rings is 6. The van der Waals surface area contributed by atoms with E-state index in [2.05, 4.69) is 193 Å². The third-order valence-electron chi connectivity index (χ3n) is 12.6. The van der Waals surface area contributed by atoms with Gasteiger partial charge in [-0.05, 0) is 0 Å². The number of rotatable bonds is 4. The monoisotopic (exact) mass is 844 g/mol. The van der Waals surface area contributed by atoms with Crippen molar-refractivity contribution in [2.45, 2.75) is 71.9 Å². The van der Waals surface area contributed by atoms with Crippen molar-refractivity contribution in [2.75, 3.05) is 0 Å². The summed E-state index contributed by atoms with van der Waals surface area (Å²) in [6.45, 7) is 22.2. The summed E-state index contributed by atoms with van der Waals surface area (Å²) in [5.41, 5.74) is 18.0. The van der Waals surface area contributed by atoms with E-state index in [4.69, 9.17) is 0 Å². The molecule has 2 aliphatic carbocycles. The topological polar surface area (TPSA) is 0 Å². The standard InChI is InChI=1S/2C24H23.2CH3.2ClH.H2Si.Zr/c2*1-16-22(24(2,3)4)15-20-10-7-11-21(23(16)20)19-13-12-17-8-5-6-9-18(17)14-19;;;;;;/h2*5-15H,1-4H3;2*1H3;2*1H;1H2;. The average Bonchev–Trinajstić information content (AvgIpc) is 3.61. The zero-order valence-electron chi connectivity index (χ0n) is 33.7. The van der Waals surface area contributed by atoms with Crippen LogP contribution in [0.5, 0.6) is 0 Å². The van der Waals surface area contributed by atoms with Gasteiger partial charge in [-0.2, -0.15) is 0 Å². The SMILES string of the molecule is CC1=C(C(C)(C)C)[CH]([Zr]([CH3])([CH3])(=[SiH2])[CH]2C(C(C)(C)C)=C(C)c3c(-c4ccc5ccccc5c4)cccc32)c2cccc(-c3ccc4ccccc4c3)c21.Cl.Cl. The van der Waals surface area contributed by atoms with Crippen LogP contribution >= 0.6 is 24.8 Å². The first-order valence-electron chi connectivity index (χ1n) is 19.2. The molecule has 2 atom stereocenters. The summed E-state index contributed by atoms with van der Waals surface area (Å²) in [6, 6.07) is 46.2. The van der Waals surface area contributed by atoms with Gasteiger partial charge in [0.15, 0.2) is 0 Å². The van der Waals surface area contributed by atoms with Crippen molar-refractivity contribution in [1.29, 1.82) is 0 Å². The normalized spacial score (nSPS) is 17.4. The van der Waals surface area contributed by atoms with E-state index in [1.165, 1.54) is 66.1 Å². The maximum absolute atomic E-state index is 4.00. The minimum atomic E-state index is -4.00. The van der Waals surface area contributed by atoms with Gasteiger partial charge in [-0.25, -0.2) is 0 Å². The quantitative estimate of drug-likeness (QED) is 0.155. The summed E-state index contributed by atoms with van der Waals surface area (Å²) in [7, 11) is 0. The molecule has 0 bridgehead atoms. The molecule has 2 aliphatic rings. The van der Waals surface area contributed by atoms with Crippen molar-refractivity contribution in [3.05, 3.63) is 155 Å². The Balaban J connectivity index is 0.00000249. The van der Waals surface area contributed by atoms with Crippen molar-refractivity contribution in [3.63, 3.8) is 0 Å². The molecule has 54 heavy (non-hydrogen) atoms. The number of fused-ring (bicyclic) bond motifs is 4. The Hall–Kier alpha value is -3.00. The molecule has 4 heteroatoms. The summed E-state index contributed by atoms with van der Waals surface area (Å²) < 4.78 is 6.51. The zero-order chi connectivity index (χ0) is 37.0. The Morgan fingerprint density at radius 1 is 0.463 bits per heavy atom. The van der Waals surface area contributed by atoms with Crippen LogP contribution in [0.4, 0.5) is 0 Å². The molecule has 0 radical (unpaired) electrons. The number of hydrogen-bond acceptors (Lipinski definition) is 0. The molecule has 0 aliphatic heterocycles. The van der Waals surface area contributed by atoms with Gasteiger partial charge in [0.2, 0.25) is 0 Å². The molecule has 0 nitrogen and oxygen atoms in total. The second kappa shape index (κ2) is 13.9. The van der Waals surface area contributed by atoms with Crippen molar-refractivity contribution in [2.24, 2.45) is 10.8 Å². The van der Waals surface area contributed by atoms with Crippen LogP contribution in [0.2, 0.25) is 9.26 Å². The first-order chi connectivity index (χ1) is 24.5. The maximum atomic E-state index is 2.82. The molecule has 0 heterocycles. The molecular formula is C50H56Cl2SiZr. The van der Waals surface area contributed by atoms with Crippen LogP contribution in [-0.4, -0.2) is 6.88 Å². The maximum Gasteiger partial charge on any atom is -0.147 e. The van der Waals surface area contributed by atoms with Crippen LogP contribution in [0.3, 0.4) is 0 Å². The fourth-order valence-corrected chi connectivity index (χ4v) is 30.7. The van der Waals surface area contributed by atoms with Crippen LogP contribution in [0.25, 0.3) is 54.9 Å². The minimum absolute atomic E-state index is 0. The summed E-state index contributed by atoms with van der Waals surface area (Å²) in [5, 5.41) is 5.20. The molecule has 6 aromatic carbocycles. The molecule has 0 spiro atoms. The molecule has 0 amide bonds. The van der Waals surface area contributed by atoms with Crippen LogP contribution in [0.1, 0.15) is 84.9 Å². The molecular weight excluding hydrogens is 791 g/mol. The number of allylic oxidation sites excluding steroid dienone is 4. The first kappa shape index (κ1) is 40.7. The predicted octanol–water partition coefficient (Wildman–Crippen LogP) is 15.0. The van der Waals surface area contributed by atoms with E-state index < -0.39 is 17.4 Å². The van der Waals surface area contributed by atoms with E-state index in [9.17, 15) is 0 Å². The van der Waals surface area contributed by atoms with Crippen LogP contribution in [-0.2, 0) is 17.4 Å². The van der Waals surface area contributed by atoms with E-state index in [1.807, 2.05) is 0 Å². The number of hydrogen-bond donors (Lipinski definition) is 0. The van der Waals surface area contributed by atoms with E-state index in [0.29, 0.717) is 7.25 Å². The van der Waals surface area contributed by atoms with Gasteiger partial charge in [-0.3, -0.25) is 0 Å². The molecule has 0 fully saturated rings. The number of halogens is 2. The van der Waals surface area contributed by atoms with E-state index in [1.54, 1.807) is 22.3 Å². The van der Waals surface area contributed by atoms with Crippen LogP contribution in [0, 0.1) is 10.8 Å². The molecule has 0 aromatic heterocycles. The van der Waals surface area contributed by atoms with Gasteiger partial charge in [-0.15, -0.1) is 24.8 Å². The van der Waals surface area contributed by atoms with Crippen LogP contribution < -0.4 is 0 Å². The third-order valence-corrected chi connectivity index (χ3v) is 29.7. The van der Waals surface area contributed by atoms with E-state index in [0.717, 1.165) is 0 Å². The van der Waals surface area contributed by atoms with Crippen molar-refractivity contribution in [1.82, 2.24) is 0 Å². The van der Waals surface area contributed by atoms with E-state index in [-0.39, 0.29) is 35.6 Å². The van der Waals surface area contributed by atoms with Crippen molar-refractivity contribution >= 4 is 64.4 Å². The molecule has 0 saturated carbocycles. The zero-order valence-corrected chi connectivity index (χ0v) is 39.2. The van der Waals surface area contributed by atoms with Crippen molar-refractivity contribution < 1.29 is 17.4 Å². The Labute approximate surface area is 338 Å². The van der Waals surface area contributed by atoms with Gasteiger partial charge >= 0.3 is 317 Å². The van der Waals surface area contributed by atoms with Gasteiger partial charge in [0.25, 0.3) is 0 Å². The third kappa shape index (κ3) is 6.38. The molecule has 8 rings (SSSR count). The van der Waals surface area contributed by atoms with Gasteiger partial charge in [-0.1, -0.05) is 0 Å². The molecule has 278 valence electrons. The fraction of sp³-hybridized carbons (Fsp3) is 0.280. The molecule has 2 unspecified atom stereocenters. The largest absolute Gasteiger partial charge is 0.147 e. The molecule has 0 N–H and O–H groups in total. The first-order valence-corrected chi connectivity index (χ1v) is 32.9. The van der Waals surface area contributed by atoms with Crippen LogP contribution in [0.15, 0.2) is 132 Å².